The van der Waals surface area contributed by atoms with E-state index in [2.05, 4.69) is 464 Å². The fraction of sp³-hybridized carbons (Fsp3) is 0.575. The molecule has 1 saturated heterocycles. The second-order valence-corrected chi connectivity index (χ2v) is 39.9. The Kier molecular flexibility index (Phi) is 48.0. The third-order valence-electron chi connectivity index (χ3n) is 18.7. The summed E-state index contributed by atoms with van der Waals surface area (Å²) in [7, 11) is 1.94. The Morgan fingerprint density at radius 2 is 0.735 bits per heavy atom. The molecule has 1 aromatic heterocycles. The Morgan fingerprint density at radius 3 is 1.04 bits per heavy atom. The molecule has 658 valence electrons. The number of likely N-dealkylation sites (N-methyl/N-ethyl adjacent to an activating group) is 1. The van der Waals surface area contributed by atoms with Gasteiger partial charge in [0.05, 0.1) is 6.20 Å². The number of rotatable bonds is 15. The van der Waals surface area contributed by atoms with Crippen molar-refractivity contribution in [1.29, 1.82) is 0 Å². The maximum atomic E-state index is 4.20. The van der Waals surface area contributed by atoms with E-state index in [4.69, 9.17) is 0 Å². The first-order valence-electron chi connectivity index (χ1n) is 43.9. The van der Waals surface area contributed by atoms with E-state index >= 15 is 0 Å². The lowest BCUT2D eigenvalue weighted by Gasteiger charge is -2.36. The molecular formula is C106H179N11. The number of anilines is 2. The Balaban J connectivity index is 0.00000131. The van der Waals surface area contributed by atoms with E-state index in [1.165, 1.54) is 124 Å². The van der Waals surface area contributed by atoms with Crippen LogP contribution in [0.1, 0.15) is 328 Å². The van der Waals surface area contributed by atoms with Crippen LogP contribution in [0.5, 0.6) is 0 Å². The van der Waals surface area contributed by atoms with Crippen LogP contribution in [0.15, 0.2) is 182 Å². The number of hydrogen-bond acceptors (Lipinski definition) is 10. The highest BCUT2D eigenvalue weighted by Gasteiger charge is 2.46. The summed E-state index contributed by atoms with van der Waals surface area (Å²) in [6, 6.07) is 62.6. The van der Waals surface area contributed by atoms with Crippen LogP contribution in [-0.4, -0.2) is 97.1 Å². The third-order valence-corrected chi connectivity index (χ3v) is 18.7. The van der Waals surface area contributed by atoms with Gasteiger partial charge in [-0.05, 0) is 318 Å². The maximum absolute atomic E-state index is 4.20. The summed E-state index contributed by atoms with van der Waals surface area (Å²) in [6.45, 7) is 90.8. The number of nitrogens with one attached hydrogen (secondary N) is 7. The van der Waals surface area contributed by atoms with Crippen LogP contribution < -0.4 is 37.2 Å². The Labute approximate surface area is 722 Å². The summed E-state index contributed by atoms with van der Waals surface area (Å²) in [5.41, 5.74) is 20.8. The van der Waals surface area contributed by atoms with Gasteiger partial charge in [-0.2, -0.15) is 5.10 Å². The van der Waals surface area contributed by atoms with E-state index in [-0.39, 0.29) is 57.3 Å². The molecule has 8 aromatic rings. The molecule has 11 nitrogen and oxygen atoms in total. The number of piperazine rings is 1. The van der Waals surface area contributed by atoms with Crippen molar-refractivity contribution in [2.75, 3.05) is 43.4 Å². The zero-order chi connectivity index (χ0) is 89.0. The van der Waals surface area contributed by atoms with Gasteiger partial charge in [-0.25, -0.2) is 0 Å². The minimum atomic E-state index is 0. The third kappa shape index (κ3) is 50.0. The fourth-order valence-electron chi connectivity index (χ4n) is 13.4. The van der Waals surface area contributed by atoms with Gasteiger partial charge in [-0.3, -0.25) is 9.58 Å². The lowest BCUT2D eigenvalue weighted by atomic mass is 9.90. The Bertz CT molecular complexity index is 3730. The van der Waals surface area contributed by atoms with Crippen molar-refractivity contribution in [3.63, 3.8) is 0 Å². The van der Waals surface area contributed by atoms with Crippen LogP contribution in [0.2, 0.25) is 0 Å². The lowest BCUT2D eigenvalue weighted by molar-refractivity contribution is 0.112. The fourth-order valence-corrected chi connectivity index (χ4v) is 13.4. The van der Waals surface area contributed by atoms with Gasteiger partial charge < -0.3 is 42.1 Å². The smallest absolute Gasteiger partial charge is 0.0568 e. The molecule has 3 atom stereocenters. The molecule has 11 heteroatoms. The van der Waals surface area contributed by atoms with Crippen molar-refractivity contribution in [3.05, 3.63) is 243 Å². The first-order valence-corrected chi connectivity index (χ1v) is 43.9. The molecule has 0 spiro atoms. The second kappa shape index (κ2) is 51.0. The van der Waals surface area contributed by atoms with Crippen LogP contribution in [0.4, 0.5) is 11.4 Å². The largest absolute Gasteiger partial charge is 0.380 e. The van der Waals surface area contributed by atoms with E-state index < -0.39 is 0 Å². The molecule has 2 heterocycles. The monoisotopic (exact) mass is 1610 g/mol. The number of aromatic nitrogens is 2. The number of hydrogen-bond donors (Lipinski definition) is 7. The minimum absolute atomic E-state index is 0. The van der Waals surface area contributed by atoms with Crippen molar-refractivity contribution < 1.29 is 0 Å². The standard InChI is InChI=1S/C16H23N3.C14H21N.C14H23N.2C13H21N.2C11H17N.C9H20N2.2C2H6.CH4/c1-12(18-16(2,3)4)13-6-8-14(9-7-13)15-10-17-19(5)11-15;1-11-5-7-12(8-6-11)14(9-10-14)15-13(2,3)4;1-11-7-9-12(10-8-11)14(5,6)15-13(2,3)4;2*1-10-6-8-12(9-7-10)11(2)14-13(3,4)5;1-9-5-7-10(8-6-9)12-11(2,3)4;1-9-6-5-7-10(8-9)12-11(2,3)4;1-4-10-5-7-11(8-6-10)9(2)3;2*1-2;/h6-12,18H,1-5H3;5-8,15H,9-10H2,1-4H3;7-10,15H,1-6H3;2*6-9,11,14H,1-5H3;2*5-8,12H,1-4H3;9H,4-8H2,1-3H3;2*1-2H3;1H4/t;;;2*11-;;;;;;/m...10....../s1. The van der Waals surface area contributed by atoms with Crippen molar-refractivity contribution >= 4 is 11.4 Å². The highest BCUT2D eigenvalue weighted by Crippen LogP contribution is 2.47. The summed E-state index contributed by atoms with van der Waals surface area (Å²) < 4.78 is 1.83. The van der Waals surface area contributed by atoms with Crippen molar-refractivity contribution in [3.8, 4) is 11.1 Å². The zero-order valence-corrected chi connectivity index (χ0v) is 81.9. The average Bonchev–Trinajstić information content (AvgIpc) is 1.61. The van der Waals surface area contributed by atoms with Gasteiger partial charge >= 0.3 is 0 Å². The highest BCUT2D eigenvalue weighted by atomic mass is 15.3. The van der Waals surface area contributed by atoms with Crippen LogP contribution in [0, 0.1) is 41.5 Å². The SMILES string of the molecule is C.CC.CC.CC(NC(C)(C)C)c1ccc(-c2cnn(C)c2)cc1.CCN1CCN(C(C)C)CC1.Cc1ccc(C(C)(C)NC(C)(C)C)cc1.Cc1ccc(C2(NC(C)(C)C)CC2)cc1.Cc1ccc(NC(C)(C)C)cc1.Cc1ccc([C@@H](C)NC(C)(C)C)cc1.Cc1ccc([C@H](C)NC(C)(C)C)cc1.Cc1cccc(NC(C)(C)C)c1. The molecule has 0 amide bonds. The van der Waals surface area contributed by atoms with E-state index in [9.17, 15) is 0 Å². The Hall–Kier alpha value is -6.93. The summed E-state index contributed by atoms with van der Waals surface area (Å²) in [5.74, 6) is 0. The normalized spacial score (nSPS) is 14.2. The van der Waals surface area contributed by atoms with E-state index in [0.29, 0.717) is 18.1 Å². The van der Waals surface area contributed by atoms with E-state index in [1.807, 2.05) is 51.8 Å². The lowest BCUT2D eigenvalue weighted by Crippen LogP contribution is -2.48. The zero-order valence-electron chi connectivity index (χ0n) is 81.9. The maximum Gasteiger partial charge on any atom is 0.0568 e. The van der Waals surface area contributed by atoms with Crippen LogP contribution in [-0.2, 0) is 18.1 Å². The van der Waals surface area contributed by atoms with Gasteiger partial charge in [0.1, 0.15) is 0 Å². The summed E-state index contributed by atoms with van der Waals surface area (Å²) >= 11 is 0. The molecule has 2 aliphatic rings. The van der Waals surface area contributed by atoms with Crippen LogP contribution in [0.3, 0.4) is 0 Å². The van der Waals surface area contributed by atoms with Crippen molar-refractivity contribution in [2.24, 2.45) is 7.05 Å². The van der Waals surface area contributed by atoms with Gasteiger partial charge in [-0.1, -0.05) is 215 Å². The van der Waals surface area contributed by atoms with Gasteiger partial charge in [-0.15, -0.1) is 0 Å². The molecule has 7 aromatic carbocycles. The topological polar surface area (TPSA) is 109 Å². The Morgan fingerprint density at radius 1 is 0.385 bits per heavy atom. The molecule has 7 N–H and O–H groups in total. The van der Waals surface area contributed by atoms with Crippen molar-refractivity contribution in [2.45, 2.75) is 364 Å². The molecule has 0 radical (unpaired) electrons. The predicted octanol–water partition coefficient (Wildman–Crippen LogP) is 27.5. The predicted molar refractivity (Wildman–Crippen MR) is 524 cm³/mol. The van der Waals surface area contributed by atoms with Crippen LogP contribution in [0.25, 0.3) is 11.1 Å². The van der Waals surface area contributed by atoms with Crippen LogP contribution >= 0.6 is 0 Å². The molecule has 117 heavy (non-hydrogen) atoms. The molecule has 10 rings (SSSR count). The van der Waals surface area contributed by atoms with Gasteiger partial charge in [0.2, 0.25) is 0 Å². The van der Waals surface area contributed by atoms with Gasteiger partial charge in [0.25, 0.3) is 0 Å². The highest BCUT2D eigenvalue weighted by molar-refractivity contribution is 5.62. The van der Waals surface area contributed by atoms with Gasteiger partial charge in [0.15, 0.2) is 0 Å². The average molecular weight is 1610 g/mol. The van der Waals surface area contributed by atoms with Crippen molar-refractivity contribution in [1.82, 2.24) is 46.2 Å². The quantitative estimate of drug-likeness (QED) is 0.0536. The number of benzene rings is 7. The number of nitrogens with zero attached hydrogens (tertiary/aromatic N) is 4. The summed E-state index contributed by atoms with van der Waals surface area (Å²) in [6.07, 6.45) is 6.47. The molecule has 1 saturated carbocycles. The molecule has 0 bridgehead atoms. The van der Waals surface area contributed by atoms with Gasteiger partial charge in [0, 0.05) is 130 Å². The molecule has 2 fully saturated rings. The summed E-state index contributed by atoms with van der Waals surface area (Å²) in [4.78, 5) is 5.06. The number of aryl methyl sites for hydroxylation is 7. The molecule has 1 aliphatic heterocycles. The van der Waals surface area contributed by atoms with E-state index in [0.717, 1.165) is 11.6 Å². The minimum Gasteiger partial charge on any atom is -0.380 e. The second-order valence-electron chi connectivity index (χ2n) is 39.9. The first-order chi connectivity index (χ1) is 53.4. The summed E-state index contributed by atoms with van der Waals surface area (Å²) in [5, 5.41) is 29.1. The first kappa shape index (κ1) is 110. The molecule has 1 unspecified atom stereocenters. The van der Waals surface area contributed by atoms with E-state index in [1.54, 1.807) is 0 Å². The molecule has 1 aliphatic carbocycles. The molecular weight excluding hydrogens is 1430 g/mol.